The highest BCUT2D eigenvalue weighted by atomic mass is 35.5. The van der Waals surface area contributed by atoms with Gasteiger partial charge in [-0.3, -0.25) is 4.79 Å². The molecule has 2 aromatic rings. The van der Waals surface area contributed by atoms with Crippen molar-refractivity contribution in [2.45, 2.75) is 0 Å². The van der Waals surface area contributed by atoms with Crippen molar-refractivity contribution in [3.63, 3.8) is 0 Å². The third kappa shape index (κ3) is 4.49. The van der Waals surface area contributed by atoms with Crippen LogP contribution >= 0.6 is 23.2 Å². The first-order valence-corrected chi connectivity index (χ1v) is 6.79. The van der Waals surface area contributed by atoms with Crippen LogP contribution in [0.3, 0.4) is 0 Å². The van der Waals surface area contributed by atoms with Gasteiger partial charge < -0.3 is 5.32 Å². The van der Waals surface area contributed by atoms with E-state index in [1.807, 2.05) is 0 Å². The maximum absolute atomic E-state index is 12.7. The molecule has 0 heterocycles. The zero-order valence-corrected chi connectivity index (χ0v) is 12.3. The fraction of sp³-hybridized carbons (Fsp3) is 0.0625. The molecule has 5 heteroatoms. The van der Waals surface area contributed by atoms with Crippen molar-refractivity contribution < 1.29 is 9.18 Å². The van der Waals surface area contributed by atoms with Gasteiger partial charge in [0.05, 0.1) is 17.1 Å². The van der Waals surface area contributed by atoms with E-state index in [0.29, 0.717) is 16.1 Å². The summed E-state index contributed by atoms with van der Waals surface area (Å²) in [5, 5.41) is 3.38. The van der Waals surface area contributed by atoms with Gasteiger partial charge in [-0.15, -0.1) is 0 Å². The van der Waals surface area contributed by atoms with Crippen LogP contribution in [0.2, 0.25) is 10.0 Å². The van der Waals surface area contributed by atoms with Crippen LogP contribution in [0.4, 0.5) is 4.39 Å². The number of benzene rings is 2. The van der Waals surface area contributed by atoms with Crippen LogP contribution in [0.25, 0.3) is 0 Å². The van der Waals surface area contributed by atoms with Gasteiger partial charge in [0, 0.05) is 10.6 Å². The summed E-state index contributed by atoms with van der Waals surface area (Å²) in [4.78, 5) is 11.9. The number of nitrogens with one attached hydrogen (secondary N) is 1. The molecule has 1 N–H and O–H groups in total. The van der Waals surface area contributed by atoms with E-state index in [4.69, 9.17) is 23.2 Å². The minimum absolute atomic E-state index is 0.162. The highest BCUT2D eigenvalue weighted by Gasteiger charge is 2.09. The van der Waals surface area contributed by atoms with E-state index in [1.165, 1.54) is 18.2 Å². The first-order valence-electron chi connectivity index (χ1n) is 6.04. The first kappa shape index (κ1) is 15.4. The fourth-order valence-corrected chi connectivity index (χ4v) is 2.07. The molecule has 0 aromatic heterocycles. The average Bonchev–Trinajstić information content (AvgIpc) is 2.45. The average molecular weight is 322 g/mol. The quantitative estimate of drug-likeness (QED) is 0.835. The Hall–Kier alpha value is -2.02. The largest absolute Gasteiger partial charge is 0.341 e. The lowest BCUT2D eigenvalue weighted by Gasteiger charge is -2.04. The Morgan fingerprint density at radius 3 is 2.52 bits per heavy atom. The predicted molar refractivity (Wildman–Crippen MR) is 82.1 cm³/mol. The van der Waals surface area contributed by atoms with Crippen LogP contribution in [0.5, 0.6) is 0 Å². The van der Waals surface area contributed by atoms with E-state index in [9.17, 15) is 9.18 Å². The molecule has 0 aliphatic carbocycles. The van der Waals surface area contributed by atoms with Crippen molar-refractivity contribution in [1.29, 1.82) is 0 Å². The summed E-state index contributed by atoms with van der Waals surface area (Å²) in [6.45, 7) is 0.162. The van der Waals surface area contributed by atoms with Gasteiger partial charge in [0.15, 0.2) is 0 Å². The van der Waals surface area contributed by atoms with E-state index in [1.54, 1.807) is 24.3 Å². The molecule has 21 heavy (non-hydrogen) atoms. The molecule has 0 bridgehead atoms. The Bertz CT molecular complexity index is 717. The summed E-state index contributed by atoms with van der Waals surface area (Å²) in [5.41, 5.74) is 1.01. The summed E-state index contributed by atoms with van der Waals surface area (Å²) in [7, 11) is 0. The number of hydrogen-bond acceptors (Lipinski definition) is 1. The summed E-state index contributed by atoms with van der Waals surface area (Å²) in [5.74, 6) is 4.95. The third-order valence-electron chi connectivity index (χ3n) is 2.59. The van der Waals surface area contributed by atoms with Crippen molar-refractivity contribution in [3.8, 4) is 11.8 Å². The topological polar surface area (TPSA) is 29.1 Å². The van der Waals surface area contributed by atoms with Gasteiger partial charge in [0.1, 0.15) is 5.82 Å². The van der Waals surface area contributed by atoms with Crippen LogP contribution in [-0.2, 0) is 0 Å². The fourth-order valence-electron chi connectivity index (χ4n) is 1.57. The maximum Gasteiger partial charge on any atom is 0.253 e. The second-order valence-electron chi connectivity index (χ2n) is 4.12. The van der Waals surface area contributed by atoms with Gasteiger partial charge in [0.2, 0.25) is 0 Å². The number of carbonyl (C=O) groups is 1. The minimum atomic E-state index is -0.329. The number of rotatable bonds is 2. The highest BCUT2D eigenvalue weighted by molar-refractivity contribution is 6.36. The predicted octanol–water partition coefficient (Wildman–Crippen LogP) is 3.91. The van der Waals surface area contributed by atoms with E-state index < -0.39 is 0 Å². The molecule has 0 spiro atoms. The van der Waals surface area contributed by atoms with Crippen molar-refractivity contribution in [3.05, 3.63) is 69.5 Å². The van der Waals surface area contributed by atoms with E-state index in [0.717, 1.165) is 0 Å². The molecule has 2 aromatic carbocycles. The zero-order chi connectivity index (χ0) is 15.2. The molecule has 2 rings (SSSR count). The number of halogens is 3. The Kier molecular flexibility index (Phi) is 5.21. The Balaban J connectivity index is 1.94. The van der Waals surface area contributed by atoms with Crippen LogP contribution in [0.15, 0.2) is 42.5 Å². The van der Waals surface area contributed by atoms with Gasteiger partial charge >= 0.3 is 0 Å². The van der Waals surface area contributed by atoms with E-state index in [-0.39, 0.29) is 23.3 Å². The van der Waals surface area contributed by atoms with Crippen LogP contribution in [0, 0.1) is 17.7 Å². The minimum Gasteiger partial charge on any atom is -0.341 e. The normalized spacial score (nSPS) is 9.67. The van der Waals surface area contributed by atoms with Crippen molar-refractivity contribution in [1.82, 2.24) is 5.32 Å². The second kappa shape index (κ2) is 7.12. The summed E-state index contributed by atoms with van der Waals surface area (Å²) in [6, 6.07) is 10.4. The summed E-state index contributed by atoms with van der Waals surface area (Å²) < 4.78 is 12.7. The lowest BCUT2D eigenvalue weighted by atomic mass is 10.2. The maximum atomic E-state index is 12.7. The van der Waals surface area contributed by atoms with Crippen molar-refractivity contribution >= 4 is 29.1 Å². The molecule has 0 unspecified atom stereocenters. The van der Waals surface area contributed by atoms with E-state index in [2.05, 4.69) is 17.2 Å². The van der Waals surface area contributed by atoms with Crippen LogP contribution in [-0.4, -0.2) is 12.5 Å². The number of amides is 1. The lowest BCUT2D eigenvalue weighted by Crippen LogP contribution is -2.23. The Morgan fingerprint density at radius 2 is 1.86 bits per heavy atom. The number of hydrogen-bond donors (Lipinski definition) is 1. The summed E-state index contributed by atoms with van der Waals surface area (Å²) in [6.07, 6.45) is 0. The van der Waals surface area contributed by atoms with Gasteiger partial charge in [-0.1, -0.05) is 35.0 Å². The monoisotopic (exact) mass is 321 g/mol. The molecule has 0 aliphatic heterocycles. The molecule has 1 amide bonds. The molecule has 2 nitrogen and oxygen atoms in total. The van der Waals surface area contributed by atoms with Gasteiger partial charge in [-0.05, 0) is 42.5 Å². The second-order valence-corrected chi connectivity index (χ2v) is 4.96. The molecular formula is C16H10Cl2FNO. The zero-order valence-electron chi connectivity index (χ0n) is 10.8. The Morgan fingerprint density at radius 1 is 1.14 bits per heavy atom. The summed E-state index contributed by atoms with van der Waals surface area (Å²) >= 11 is 11.7. The van der Waals surface area contributed by atoms with Gasteiger partial charge in [0.25, 0.3) is 5.91 Å². The standard InChI is InChI=1S/C16H10Cl2FNO/c17-12-5-8-14(15(18)10-12)16(21)20-9-1-2-11-3-6-13(19)7-4-11/h3-8,10H,9H2,(H,20,21). The molecule has 0 saturated heterocycles. The smallest absolute Gasteiger partial charge is 0.253 e. The highest BCUT2D eigenvalue weighted by Crippen LogP contribution is 2.20. The molecule has 0 saturated carbocycles. The number of carbonyl (C=O) groups excluding carboxylic acids is 1. The van der Waals surface area contributed by atoms with Crippen LogP contribution < -0.4 is 5.32 Å². The first-order chi connectivity index (χ1) is 10.1. The molecular weight excluding hydrogens is 312 g/mol. The van der Waals surface area contributed by atoms with Gasteiger partial charge in [-0.2, -0.15) is 0 Å². The van der Waals surface area contributed by atoms with Gasteiger partial charge in [-0.25, -0.2) is 4.39 Å². The molecule has 0 aliphatic rings. The Labute approximate surface area is 131 Å². The van der Waals surface area contributed by atoms with Crippen molar-refractivity contribution in [2.75, 3.05) is 6.54 Å². The molecule has 0 radical (unpaired) electrons. The molecule has 0 atom stereocenters. The van der Waals surface area contributed by atoms with Crippen LogP contribution in [0.1, 0.15) is 15.9 Å². The molecule has 0 fully saturated rings. The third-order valence-corrected chi connectivity index (χ3v) is 3.14. The SMILES string of the molecule is O=C(NCC#Cc1ccc(F)cc1)c1ccc(Cl)cc1Cl. The molecule has 106 valence electrons. The van der Waals surface area contributed by atoms with E-state index >= 15 is 0 Å². The lowest BCUT2D eigenvalue weighted by molar-refractivity contribution is 0.0959. The van der Waals surface area contributed by atoms with Crippen molar-refractivity contribution in [2.24, 2.45) is 0 Å².